The summed E-state index contributed by atoms with van der Waals surface area (Å²) >= 11 is 0. The van der Waals surface area contributed by atoms with E-state index >= 15 is 0 Å². The molecule has 44 heavy (non-hydrogen) atoms. The van der Waals surface area contributed by atoms with Gasteiger partial charge in [0.15, 0.2) is 0 Å². The molecule has 2 atom stereocenters. The Hall–Kier alpha value is -2.67. The van der Waals surface area contributed by atoms with Crippen molar-refractivity contribution in [3.05, 3.63) is 53.2 Å². The number of nitrogens with zero attached hydrogens (tertiary/aromatic N) is 5. The number of aromatic nitrogens is 2. The first-order valence-electron chi connectivity index (χ1n) is 16.0. The molecule has 3 aliphatic rings. The van der Waals surface area contributed by atoms with Crippen LogP contribution < -0.4 is 5.32 Å². The Labute approximate surface area is 262 Å². The highest BCUT2D eigenvalue weighted by molar-refractivity contribution is 7.88. The molecule has 0 spiro atoms. The summed E-state index contributed by atoms with van der Waals surface area (Å²) in [6.07, 6.45) is 8.92. The van der Waals surface area contributed by atoms with Crippen molar-refractivity contribution in [3.63, 3.8) is 0 Å². The summed E-state index contributed by atoms with van der Waals surface area (Å²) in [6, 6.07) is 6.97. The number of amides is 1. The Kier molecular flexibility index (Phi) is 12.1. The van der Waals surface area contributed by atoms with Crippen LogP contribution in [-0.4, -0.2) is 103 Å². The van der Waals surface area contributed by atoms with Crippen LogP contribution >= 0.6 is 0 Å². The molecule has 5 rings (SSSR count). The summed E-state index contributed by atoms with van der Waals surface area (Å²) < 4.78 is 44.9. The molecule has 0 radical (unpaired) electrons. The maximum Gasteiger partial charge on any atom is 0.272 e. The molecule has 1 aromatic heterocycles. The van der Waals surface area contributed by atoms with E-state index in [2.05, 4.69) is 20.2 Å². The molecule has 1 aromatic carbocycles. The molecule has 0 saturated carbocycles. The molecule has 1 N–H and O–H groups in total. The highest BCUT2D eigenvalue weighted by Gasteiger charge is 2.33. The van der Waals surface area contributed by atoms with Crippen molar-refractivity contribution in [2.24, 2.45) is 0 Å². The first-order valence-corrected chi connectivity index (χ1v) is 17.9. The Morgan fingerprint density at radius 3 is 2.32 bits per heavy atom. The second kappa shape index (κ2) is 15.6. The molecule has 0 aliphatic carbocycles. The van der Waals surface area contributed by atoms with Crippen molar-refractivity contribution in [1.82, 2.24) is 24.1 Å². The van der Waals surface area contributed by atoms with Crippen LogP contribution in [0.2, 0.25) is 0 Å². The molecular formula is C32H49FN6O4S. The van der Waals surface area contributed by atoms with E-state index in [0.29, 0.717) is 37.2 Å². The van der Waals surface area contributed by atoms with Gasteiger partial charge < -0.3 is 19.9 Å². The number of anilines is 1. The topological polar surface area (TPSA) is 108 Å². The van der Waals surface area contributed by atoms with Crippen molar-refractivity contribution < 1.29 is 22.3 Å². The quantitative estimate of drug-likeness (QED) is 0.449. The van der Waals surface area contributed by atoms with Crippen LogP contribution in [0.3, 0.4) is 0 Å². The minimum atomic E-state index is -3.18. The summed E-state index contributed by atoms with van der Waals surface area (Å²) in [6.45, 7) is 9.52. The van der Waals surface area contributed by atoms with Gasteiger partial charge in [-0.1, -0.05) is 26.0 Å². The second-order valence-corrected chi connectivity index (χ2v) is 13.9. The van der Waals surface area contributed by atoms with Crippen molar-refractivity contribution in [3.8, 4) is 0 Å². The van der Waals surface area contributed by atoms with Gasteiger partial charge in [0, 0.05) is 44.3 Å². The number of carbonyl (C=O) groups is 1. The fourth-order valence-corrected chi connectivity index (χ4v) is 7.25. The Balaban J connectivity index is 0.00000216. The lowest BCUT2D eigenvalue weighted by Gasteiger charge is -2.43. The molecule has 12 heteroatoms. The zero-order chi connectivity index (χ0) is 31.9. The summed E-state index contributed by atoms with van der Waals surface area (Å²) in [5.74, 6) is 0.312. The lowest BCUT2D eigenvalue weighted by Crippen LogP contribution is -2.52. The van der Waals surface area contributed by atoms with E-state index in [1.165, 1.54) is 29.0 Å². The molecule has 244 valence electrons. The minimum Gasteiger partial charge on any atom is -0.368 e. The number of likely N-dealkylation sites (tertiary alicyclic amines) is 2. The monoisotopic (exact) mass is 632 g/mol. The van der Waals surface area contributed by atoms with Crippen LogP contribution in [0.5, 0.6) is 0 Å². The van der Waals surface area contributed by atoms with E-state index in [-0.39, 0.29) is 30.0 Å². The summed E-state index contributed by atoms with van der Waals surface area (Å²) in [5.41, 5.74) is 2.14. The van der Waals surface area contributed by atoms with Crippen molar-refractivity contribution in [2.75, 3.05) is 51.3 Å². The largest absolute Gasteiger partial charge is 0.368 e. The number of ether oxygens (including phenoxy) is 1. The van der Waals surface area contributed by atoms with Crippen LogP contribution in [0.25, 0.3) is 0 Å². The summed E-state index contributed by atoms with van der Waals surface area (Å²) in [5, 5.41) is 3.38. The maximum absolute atomic E-state index is 13.5. The first kappa shape index (κ1) is 34.2. The van der Waals surface area contributed by atoms with Gasteiger partial charge in [-0.05, 0) is 82.7 Å². The lowest BCUT2D eigenvalue weighted by molar-refractivity contribution is -0.0442. The van der Waals surface area contributed by atoms with Crippen molar-refractivity contribution in [2.45, 2.75) is 90.0 Å². The standard InChI is InChI=1S/C30H43FN6O4S.C2H6/c1-21-28(30(38)37-17-13-25(14-18-37)36-15-11-24(12-16-36)35(2)42(3,39)40)33-20-34-29(21)32-19-26-5-4-6-27(41-26)22-7-9-23(31)10-8-22;1-2/h7-10,20,24-27H,4-6,11-19H2,1-3H3,(H,32,33,34);1-2H3. The normalized spacial score (nSPS) is 22.4. The zero-order valence-corrected chi connectivity index (χ0v) is 27.7. The minimum absolute atomic E-state index is 0.0156. The SMILES string of the molecule is CC.Cc1c(NCC2CCCC(c3ccc(F)cc3)O2)ncnc1C(=O)N1CCC(N2CCC(N(C)S(C)(=O)=O)CC2)CC1. The van der Waals surface area contributed by atoms with Gasteiger partial charge in [0.1, 0.15) is 23.7 Å². The average Bonchev–Trinajstić information content (AvgIpc) is 3.05. The lowest BCUT2D eigenvalue weighted by atomic mass is 9.97. The van der Waals surface area contributed by atoms with Crippen LogP contribution in [-0.2, 0) is 14.8 Å². The number of hydrogen-bond acceptors (Lipinski definition) is 8. The Bertz CT molecular complexity index is 1330. The number of sulfonamides is 1. The van der Waals surface area contributed by atoms with Gasteiger partial charge in [0.2, 0.25) is 10.0 Å². The van der Waals surface area contributed by atoms with Crippen LogP contribution in [0.1, 0.15) is 86.5 Å². The number of piperidine rings is 2. The molecule has 2 unspecified atom stereocenters. The van der Waals surface area contributed by atoms with Gasteiger partial charge in [0.25, 0.3) is 5.91 Å². The van der Waals surface area contributed by atoms with E-state index in [1.54, 1.807) is 19.2 Å². The predicted molar refractivity (Wildman–Crippen MR) is 171 cm³/mol. The molecular weight excluding hydrogens is 583 g/mol. The predicted octanol–water partition coefficient (Wildman–Crippen LogP) is 4.63. The molecule has 10 nitrogen and oxygen atoms in total. The smallest absolute Gasteiger partial charge is 0.272 e. The molecule has 3 fully saturated rings. The van der Waals surface area contributed by atoms with E-state index < -0.39 is 10.0 Å². The van der Waals surface area contributed by atoms with Gasteiger partial charge in [-0.3, -0.25) is 4.79 Å². The van der Waals surface area contributed by atoms with Gasteiger partial charge >= 0.3 is 0 Å². The fourth-order valence-electron chi connectivity index (χ4n) is 6.50. The van der Waals surface area contributed by atoms with Crippen LogP contribution in [0, 0.1) is 12.7 Å². The maximum atomic E-state index is 13.5. The highest BCUT2D eigenvalue weighted by Crippen LogP contribution is 2.32. The molecule has 3 aliphatic heterocycles. The number of carbonyl (C=O) groups excluding carboxylic acids is 1. The second-order valence-electron chi connectivity index (χ2n) is 11.9. The van der Waals surface area contributed by atoms with Gasteiger partial charge in [-0.25, -0.2) is 27.1 Å². The molecule has 3 saturated heterocycles. The molecule has 4 heterocycles. The van der Waals surface area contributed by atoms with Crippen molar-refractivity contribution >= 4 is 21.7 Å². The van der Waals surface area contributed by atoms with E-state index in [0.717, 1.165) is 69.2 Å². The van der Waals surface area contributed by atoms with Gasteiger partial charge in [0.05, 0.1) is 18.5 Å². The third-order valence-corrected chi connectivity index (χ3v) is 10.5. The zero-order valence-electron chi connectivity index (χ0n) is 26.8. The Morgan fingerprint density at radius 1 is 1.02 bits per heavy atom. The van der Waals surface area contributed by atoms with E-state index in [4.69, 9.17) is 4.74 Å². The van der Waals surface area contributed by atoms with E-state index in [1.807, 2.05) is 25.7 Å². The Morgan fingerprint density at radius 2 is 1.68 bits per heavy atom. The number of halogens is 1. The van der Waals surface area contributed by atoms with Crippen LogP contribution in [0.4, 0.5) is 10.2 Å². The third-order valence-electron chi connectivity index (χ3n) is 9.18. The van der Waals surface area contributed by atoms with E-state index in [9.17, 15) is 17.6 Å². The van der Waals surface area contributed by atoms with Crippen molar-refractivity contribution in [1.29, 1.82) is 0 Å². The fraction of sp³-hybridized carbons (Fsp3) is 0.656. The van der Waals surface area contributed by atoms with Gasteiger partial charge in [-0.15, -0.1) is 0 Å². The molecule has 2 aromatic rings. The summed E-state index contributed by atoms with van der Waals surface area (Å²) in [7, 11) is -1.51. The third kappa shape index (κ3) is 8.52. The number of benzene rings is 1. The highest BCUT2D eigenvalue weighted by atomic mass is 32.2. The first-order chi connectivity index (χ1) is 21.1. The average molecular weight is 633 g/mol. The number of nitrogens with one attached hydrogen (secondary N) is 1. The number of hydrogen-bond donors (Lipinski definition) is 1. The molecule has 0 bridgehead atoms. The molecule has 1 amide bonds. The number of rotatable bonds is 8. The summed E-state index contributed by atoms with van der Waals surface area (Å²) in [4.78, 5) is 26.6. The van der Waals surface area contributed by atoms with Crippen LogP contribution in [0.15, 0.2) is 30.6 Å². The van der Waals surface area contributed by atoms with Gasteiger partial charge in [-0.2, -0.15) is 0 Å².